The van der Waals surface area contributed by atoms with Crippen molar-refractivity contribution in [1.82, 2.24) is 9.88 Å². The van der Waals surface area contributed by atoms with Gasteiger partial charge in [-0.05, 0) is 56.1 Å². The highest BCUT2D eigenvalue weighted by molar-refractivity contribution is 5.85. The summed E-state index contributed by atoms with van der Waals surface area (Å²) in [5.41, 5.74) is 2.37. The van der Waals surface area contributed by atoms with E-state index in [9.17, 15) is 4.79 Å². The molecule has 0 radical (unpaired) electrons. The summed E-state index contributed by atoms with van der Waals surface area (Å²) in [7, 11) is 0. The van der Waals surface area contributed by atoms with Crippen molar-refractivity contribution in [3.63, 3.8) is 0 Å². The zero-order valence-corrected chi connectivity index (χ0v) is 14.5. The second-order valence-electron chi connectivity index (χ2n) is 5.93. The summed E-state index contributed by atoms with van der Waals surface area (Å²) in [6.07, 6.45) is 5.52. The number of aromatic amines is 1. The number of carbonyl (C=O) groups is 1. The number of aromatic nitrogens is 1. The molecule has 0 amide bonds. The van der Waals surface area contributed by atoms with E-state index in [1.807, 2.05) is 25.1 Å². The van der Waals surface area contributed by atoms with Gasteiger partial charge >= 0.3 is 5.97 Å². The van der Waals surface area contributed by atoms with Gasteiger partial charge < -0.3 is 14.6 Å². The molecular weight excluding hydrogens is 288 g/mol. The Morgan fingerprint density at radius 2 is 2.00 bits per heavy atom. The molecule has 0 saturated carbocycles. The van der Waals surface area contributed by atoms with E-state index in [0.29, 0.717) is 12.2 Å². The third kappa shape index (κ3) is 4.83. The third-order valence-corrected chi connectivity index (χ3v) is 4.11. The summed E-state index contributed by atoms with van der Waals surface area (Å²) >= 11 is 0. The van der Waals surface area contributed by atoms with Crippen LogP contribution in [0.1, 0.15) is 45.6 Å². The first-order valence-corrected chi connectivity index (χ1v) is 8.70. The number of H-pyrrole nitrogens is 1. The molecule has 0 aliphatic carbocycles. The minimum absolute atomic E-state index is 0.163. The summed E-state index contributed by atoms with van der Waals surface area (Å²) in [5, 5.41) is 1.15. The van der Waals surface area contributed by atoms with Crippen molar-refractivity contribution in [3.8, 4) is 5.75 Å². The van der Waals surface area contributed by atoms with Gasteiger partial charge in [-0.15, -0.1) is 0 Å². The van der Waals surface area contributed by atoms with Crippen LogP contribution < -0.4 is 4.74 Å². The second-order valence-corrected chi connectivity index (χ2v) is 5.93. The van der Waals surface area contributed by atoms with E-state index in [4.69, 9.17) is 4.74 Å². The largest absolute Gasteiger partial charge is 0.427 e. The molecule has 0 aliphatic rings. The maximum absolute atomic E-state index is 11.7. The van der Waals surface area contributed by atoms with E-state index in [0.717, 1.165) is 43.4 Å². The zero-order valence-electron chi connectivity index (χ0n) is 14.5. The molecule has 2 rings (SSSR count). The summed E-state index contributed by atoms with van der Waals surface area (Å²) in [4.78, 5) is 17.4. The molecule has 4 nitrogen and oxygen atoms in total. The van der Waals surface area contributed by atoms with Crippen LogP contribution in [0.2, 0.25) is 0 Å². The van der Waals surface area contributed by atoms with Crippen LogP contribution in [0.4, 0.5) is 0 Å². The van der Waals surface area contributed by atoms with Gasteiger partial charge in [-0.25, -0.2) is 0 Å². The molecule has 1 N–H and O–H groups in total. The number of hydrogen-bond acceptors (Lipinski definition) is 3. The van der Waals surface area contributed by atoms with Crippen molar-refractivity contribution in [1.29, 1.82) is 0 Å². The van der Waals surface area contributed by atoms with Crippen molar-refractivity contribution in [3.05, 3.63) is 30.0 Å². The molecule has 1 aromatic heterocycles. The highest BCUT2D eigenvalue weighted by Gasteiger charge is 2.09. The van der Waals surface area contributed by atoms with Gasteiger partial charge in [0.25, 0.3) is 0 Å². The second kappa shape index (κ2) is 8.73. The van der Waals surface area contributed by atoms with Crippen molar-refractivity contribution >= 4 is 16.9 Å². The first-order valence-electron chi connectivity index (χ1n) is 8.70. The lowest BCUT2D eigenvalue weighted by Gasteiger charge is -2.19. The maximum atomic E-state index is 11.7. The summed E-state index contributed by atoms with van der Waals surface area (Å²) in [6, 6.07) is 5.81. The fourth-order valence-electron chi connectivity index (χ4n) is 2.84. The third-order valence-electron chi connectivity index (χ3n) is 4.11. The van der Waals surface area contributed by atoms with Crippen molar-refractivity contribution < 1.29 is 9.53 Å². The van der Waals surface area contributed by atoms with Gasteiger partial charge in [-0.3, -0.25) is 4.79 Å². The van der Waals surface area contributed by atoms with E-state index in [1.54, 1.807) is 0 Å². The molecule has 0 aliphatic heterocycles. The van der Waals surface area contributed by atoms with Crippen LogP contribution in [-0.2, 0) is 11.2 Å². The van der Waals surface area contributed by atoms with Crippen molar-refractivity contribution in [2.24, 2.45) is 0 Å². The summed E-state index contributed by atoms with van der Waals surface area (Å²) in [5.74, 6) is 0.474. The monoisotopic (exact) mass is 316 g/mol. The van der Waals surface area contributed by atoms with Gasteiger partial charge in [0.15, 0.2) is 0 Å². The number of rotatable bonds is 9. The number of esters is 1. The average molecular weight is 316 g/mol. The van der Waals surface area contributed by atoms with Crippen LogP contribution in [0.5, 0.6) is 5.75 Å². The summed E-state index contributed by atoms with van der Waals surface area (Å²) < 4.78 is 5.41. The van der Waals surface area contributed by atoms with Gasteiger partial charge in [0, 0.05) is 30.1 Å². The highest BCUT2D eigenvalue weighted by atomic mass is 16.5. The Hall–Kier alpha value is -1.81. The lowest BCUT2D eigenvalue weighted by Crippen LogP contribution is -2.26. The van der Waals surface area contributed by atoms with Gasteiger partial charge in [0.1, 0.15) is 5.75 Å². The highest BCUT2D eigenvalue weighted by Crippen LogP contribution is 2.24. The molecule has 0 saturated heterocycles. The van der Waals surface area contributed by atoms with Crippen LogP contribution in [-0.4, -0.2) is 35.5 Å². The van der Waals surface area contributed by atoms with E-state index < -0.39 is 0 Å². The Morgan fingerprint density at radius 1 is 1.17 bits per heavy atom. The number of hydrogen-bond donors (Lipinski definition) is 1. The quantitative estimate of drug-likeness (QED) is 0.558. The SMILES string of the molecule is CCCC(=O)Oc1ccc2[nH]cc(CCN(CC)CCC)c2c1. The first-order chi connectivity index (χ1) is 11.2. The molecule has 4 heteroatoms. The Morgan fingerprint density at radius 3 is 2.70 bits per heavy atom. The predicted octanol–water partition coefficient (Wildman–Crippen LogP) is 4.15. The van der Waals surface area contributed by atoms with E-state index in [1.165, 1.54) is 12.0 Å². The molecule has 23 heavy (non-hydrogen) atoms. The lowest BCUT2D eigenvalue weighted by molar-refractivity contribution is -0.134. The van der Waals surface area contributed by atoms with Gasteiger partial charge in [-0.2, -0.15) is 0 Å². The smallest absolute Gasteiger partial charge is 0.311 e. The van der Waals surface area contributed by atoms with Crippen LogP contribution in [0, 0.1) is 0 Å². The van der Waals surface area contributed by atoms with Crippen molar-refractivity contribution in [2.45, 2.75) is 46.5 Å². The minimum atomic E-state index is -0.163. The maximum Gasteiger partial charge on any atom is 0.311 e. The van der Waals surface area contributed by atoms with E-state index in [2.05, 4.69) is 29.9 Å². The Bertz CT molecular complexity index is 633. The van der Waals surface area contributed by atoms with Crippen LogP contribution in [0.15, 0.2) is 24.4 Å². The molecule has 0 unspecified atom stereocenters. The molecule has 126 valence electrons. The number of likely N-dealkylation sites (N-methyl/N-ethyl adjacent to an activating group) is 1. The van der Waals surface area contributed by atoms with Crippen molar-refractivity contribution in [2.75, 3.05) is 19.6 Å². The molecule has 1 aromatic carbocycles. The Kier molecular flexibility index (Phi) is 6.66. The Balaban J connectivity index is 2.10. The molecular formula is C19H28N2O2. The standard InChI is InChI=1S/C19H28N2O2/c1-4-7-19(22)23-16-8-9-18-17(13-16)15(14-20-18)10-12-21(6-3)11-5-2/h8-9,13-14,20H,4-7,10-12H2,1-3H3. The number of fused-ring (bicyclic) bond motifs is 1. The van der Waals surface area contributed by atoms with Crippen LogP contribution >= 0.6 is 0 Å². The number of nitrogens with zero attached hydrogens (tertiary/aromatic N) is 1. The number of benzene rings is 1. The van der Waals surface area contributed by atoms with Gasteiger partial charge in [-0.1, -0.05) is 20.8 Å². The molecule has 1 heterocycles. The average Bonchev–Trinajstić information content (AvgIpc) is 2.94. The molecule has 0 bridgehead atoms. The fraction of sp³-hybridized carbons (Fsp3) is 0.526. The lowest BCUT2D eigenvalue weighted by atomic mass is 10.1. The topological polar surface area (TPSA) is 45.3 Å². The molecule has 0 spiro atoms. The van der Waals surface area contributed by atoms with Gasteiger partial charge in [0.05, 0.1) is 0 Å². The van der Waals surface area contributed by atoms with Gasteiger partial charge in [0.2, 0.25) is 0 Å². The summed E-state index contributed by atoms with van der Waals surface area (Å²) in [6.45, 7) is 9.66. The minimum Gasteiger partial charge on any atom is -0.427 e. The predicted molar refractivity (Wildman–Crippen MR) is 95.0 cm³/mol. The fourth-order valence-corrected chi connectivity index (χ4v) is 2.84. The molecule has 0 fully saturated rings. The molecule has 0 atom stereocenters. The van der Waals surface area contributed by atoms with E-state index in [-0.39, 0.29) is 5.97 Å². The number of nitrogens with one attached hydrogen (secondary N) is 1. The van der Waals surface area contributed by atoms with E-state index >= 15 is 0 Å². The Labute approximate surface area is 138 Å². The normalized spacial score (nSPS) is 11.3. The first kappa shape index (κ1) is 17.5. The zero-order chi connectivity index (χ0) is 16.7. The number of carbonyl (C=O) groups excluding carboxylic acids is 1. The van der Waals surface area contributed by atoms with Crippen LogP contribution in [0.3, 0.4) is 0 Å². The van der Waals surface area contributed by atoms with Crippen LogP contribution in [0.25, 0.3) is 10.9 Å². The number of ether oxygens (including phenoxy) is 1. The molecule has 2 aromatic rings.